The first-order valence-corrected chi connectivity index (χ1v) is 5.90. The van der Waals surface area contributed by atoms with Gasteiger partial charge in [-0.2, -0.15) is 0 Å². The van der Waals surface area contributed by atoms with E-state index in [4.69, 9.17) is 10.5 Å². The van der Waals surface area contributed by atoms with Crippen molar-refractivity contribution in [2.75, 3.05) is 17.2 Å². The van der Waals surface area contributed by atoms with Crippen LogP contribution in [-0.4, -0.2) is 29.0 Å². The Bertz CT molecular complexity index is 463. The van der Waals surface area contributed by atoms with Gasteiger partial charge in [-0.25, -0.2) is 4.98 Å². The summed E-state index contributed by atoms with van der Waals surface area (Å²) in [6.45, 7) is 6.57. The molecule has 1 rings (SSSR count). The van der Waals surface area contributed by atoms with Crippen molar-refractivity contribution in [3.8, 4) is 0 Å². The van der Waals surface area contributed by atoms with Crippen molar-refractivity contribution in [3.63, 3.8) is 0 Å². The Hall–Kier alpha value is -2.11. The molecule has 104 valence electrons. The van der Waals surface area contributed by atoms with Gasteiger partial charge in [-0.15, -0.1) is 0 Å². The topological polar surface area (TPSA) is 85.5 Å². The molecule has 19 heavy (non-hydrogen) atoms. The van der Waals surface area contributed by atoms with E-state index in [1.807, 2.05) is 20.8 Å². The molecule has 0 aliphatic heterocycles. The highest BCUT2D eigenvalue weighted by molar-refractivity contribution is 5.95. The van der Waals surface area contributed by atoms with Crippen LogP contribution in [0.1, 0.15) is 27.7 Å². The van der Waals surface area contributed by atoms with Crippen molar-refractivity contribution in [3.05, 3.63) is 18.3 Å². The maximum Gasteiger partial charge on any atom is 0.303 e. The van der Waals surface area contributed by atoms with Gasteiger partial charge < -0.3 is 10.5 Å². The highest BCUT2D eigenvalue weighted by Gasteiger charge is 2.29. The number of hydrogen-bond donors (Lipinski definition) is 1. The van der Waals surface area contributed by atoms with Gasteiger partial charge in [-0.05, 0) is 32.9 Å². The average molecular weight is 265 g/mol. The number of rotatable bonds is 3. The molecule has 1 heterocycles. The minimum atomic E-state index is -0.493. The van der Waals surface area contributed by atoms with E-state index in [9.17, 15) is 9.59 Å². The number of esters is 1. The molecule has 0 aromatic carbocycles. The predicted molar refractivity (Wildman–Crippen MR) is 72.5 cm³/mol. The molecule has 0 atom stereocenters. The number of hydrogen-bond acceptors (Lipinski definition) is 5. The lowest BCUT2D eigenvalue weighted by molar-refractivity contribution is -0.145. The molecule has 0 aliphatic rings. The molecule has 6 nitrogen and oxygen atoms in total. The Morgan fingerprint density at radius 2 is 2.00 bits per heavy atom. The second-order valence-corrected chi connectivity index (χ2v) is 5.13. The molecular formula is C13H19N3O3. The first-order valence-electron chi connectivity index (χ1n) is 5.90. The van der Waals surface area contributed by atoms with Gasteiger partial charge in [-0.1, -0.05) is 0 Å². The third-order valence-electron chi connectivity index (χ3n) is 2.32. The predicted octanol–water partition coefficient (Wildman–Crippen LogP) is 1.36. The number of carbonyl (C=O) groups is 2. The van der Waals surface area contributed by atoms with E-state index in [1.165, 1.54) is 18.0 Å². The van der Waals surface area contributed by atoms with E-state index >= 15 is 0 Å². The van der Waals surface area contributed by atoms with Crippen LogP contribution >= 0.6 is 0 Å². The molecule has 0 unspecified atom stereocenters. The van der Waals surface area contributed by atoms with E-state index in [-0.39, 0.29) is 12.5 Å². The SMILES string of the molecule is CC(=O)OCC(=O)N(c1ccc(N)cn1)C(C)(C)C. The summed E-state index contributed by atoms with van der Waals surface area (Å²) in [4.78, 5) is 28.5. The molecule has 0 saturated carbocycles. The summed E-state index contributed by atoms with van der Waals surface area (Å²) >= 11 is 0. The Labute approximate surface area is 112 Å². The second kappa shape index (κ2) is 5.69. The zero-order valence-electron chi connectivity index (χ0n) is 11.6. The maximum atomic E-state index is 12.2. The summed E-state index contributed by atoms with van der Waals surface area (Å²) in [6.07, 6.45) is 1.48. The van der Waals surface area contributed by atoms with Gasteiger partial charge in [0.25, 0.3) is 5.91 Å². The number of amides is 1. The fourth-order valence-corrected chi connectivity index (χ4v) is 1.60. The fraction of sp³-hybridized carbons (Fsp3) is 0.462. The maximum absolute atomic E-state index is 12.2. The van der Waals surface area contributed by atoms with Crippen LogP contribution in [-0.2, 0) is 14.3 Å². The molecule has 0 saturated heterocycles. The number of ether oxygens (including phenoxy) is 1. The first-order chi connectivity index (χ1) is 8.71. The number of nitrogen functional groups attached to an aromatic ring is 1. The van der Waals surface area contributed by atoms with Gasteiger partial charge in [0.05, 0.1) is 11.9 Å². The number of carbonyl (C=O) groups excluding carboxylic acids is 2. The molecule has 0 fully saturated rings. The number of nitrogens with two attached hydrogens (primary N) is 1. The van der Waals surface area contributed by atoms with Crippen LogP contribution in [0.2, 0.25) is 0 Å². The van der Waals surface area contributed by atoms with Gasteiger partial charge in [0.2, 0.25) is 0 Å². The van der Waals surface area contributed by atoms with Crippen molar-refractivity contribution >= 4 is 23.4 Å². The Morgan fingerprint density at radius 1 is 1.37 bits per heavy atom. The van der Waals surface area contributed by atoms with Crippen LogP contribution in [0.4, 0.5) is 11.5 Å². The molecule has 2 N–H and O–H groups in total. The summed E-state index contributed by atoms with van der Waals surface area (Å²) in [5, 5.41) is 0. The second-order valence-electron chi connectivity index (χ2n) is 5.13. The van der Waals surface area contributed by atoms with Crippen molar-refractivity contribution in [1.29, 1.82) is 0 Å². The van der Waals surface area contributed by atoms with Crippen molar-refractivity contribution < 1.29 is 14.3 Å². The fourth-order valence-electron chi connectivity index (χ4n) is 1.60. The van der Waals surface area contributed by atoms with E-state index in [0.717, 1.165) is 0 Å². The van der Waals surface area contributed by atoms with Gasteiger partial charge in [-0.3, -0.25) is 14.5 Å². The zero-order chi connectivity index (χ0) is 14.6. The van der Waals surface area contributed by atoms with Crippen molar-refractivity contribution in [1.82, 2.24) is 4.98 Å². The summed E-state index contributed by atoms with van der Waals surface area (Å²) in [5.41, 5.74) is 5.61. The highest BCUT2D eigenvalue weighted by Crippen LogP contribution is 2.22. The van der Waals surface area contributed by atoms with Crippen LogP contribution in [0.25, 0.3) is 0 Å². The molecule has 1 aromatic rings. The molecule has 6 heteroatoms. The summed E-state index contributed by atoms with van der Waals surface area (Å²) in [5.74, 6) is -0.355. The molecule has 1 aromatic heterocycles. The number of pyridine rings is 1. The average Bonchev–Trinajstić information content (AvgIpc) is 2.27. The minimum absolute atomic E-state index is 0.307. The van der Waals surface area contributed by atoms with E-state index < -0.39 is 11.5 Å². The van der Waals surface area contributed by atoms with Crippen LogP contribution in [0.5, 0.6) is 0 Å². The molecule has 0 aliphatic carbocycles. The van der Waals surface area contributed by atoms with Crippen molar-refractivity contribution in [2.45, 2.75) is 33.2 Å². The van der Waals surface area contributed by atoms with Crippen LogP contribution in [0.15, 0.2) is 18.3 Å². The van der Waals surface area contributed by atoms with Gasteiger partial charge in [0.15, 0.2) is 6.61 Å². The smallest absolute Gasteiger partial charge is 0.303 e. The number of anilines is 2. The molecule has 0 bridgehead atoms. The van der Waals surface area contributed by atoms with E-state index in [1.54, 1.807) is 12.1 Å². The molecular weight excluding hydrogens is 246 g/mol. The zero-order valence-corrected chi connectivity index (χ0v) is 11.6. The highest BCUT2D eigenvalue weighted by atomic mass is 16.5. The van der Waals surface area contributed by atoms with Gasteiger partial charge >= 0.3 is 5.97 Å². The molecule has 0 spiro atoms. The normalized spacial score (nSPS) is 10.9. The molecule has 1 amide bonds. The summed E-state index contributed by atoms with van der Waals surface area (Å²) in [7, 11) is 0. The Balaban J connectivity index is 2.99. The van der Waals surface area contributed by atoms with Crippen LogP contribution < -0.4 is 10.6 Å². The first kappa shape index (κ1) is 14.9. The summed E-state index contributed by atoms with van der Waals surface area (Å²) < 4.78 is 4.74. The molecule has 0 radical (unpaired) electrons. The van der Waals surface area contributed by atoms with Crippen LogP contribution in [0.3, 0.4) is 0 Å². The Kier molecular flexibility index (Phi) is 4.47. The van der Waals surface area contributed by atoms with Crippen molar-refractivity contribution in [2.24, 2.45) is 0 Å². The largest absolute Gasteiger partial charge is 0.456 e. The lowest BCUT2D eigenvalue weighted by atomic mass is 10.1. The minimum Gasteiger partial charge on any atom is -0.456 e. The lowest BCUT2D eigenvalue weighted by Gasteiger charge is -2.34. The van der Waals surface area contributed by atoms with E-state index in [0.29, 0.717) is 11.5 Å². The number of aromatic nitrogens is 1. The third kappa shape index (κ3) is 4.24. The quantitative estimate of drug-likeness (QED) is 0.834. The van der Waals surface area contributed by atoms with Gasteiger partial charge in [0, 0.05) is 12.5 Å². The lowest BCUT2D eigenvalue weighted by Crippen LogP contribution is -2.48. The standard InChI is InChI=1S/C13H19N3O3/c1-9(17)19-8-12(18)16(13(2,3)4)11-6-5-10(14)7-15-11/h5-7H,8,14H2,1-4H3. The monoisotopic (exact) mass is 265 g/mol. The van der Waals surface area contributed by atoms with Gasteiger partial charge in [0.1, 0.15) is 5.82 Å². The number of nitrogens with zero attached hydrogens (tertiary/aromatic N) is 2. The Morgan fingerprint density at radius 3 is 2.42 bits per heavy atom. The summed E-state index contributed by atoms with van der Waals surface area (Å²) in [6, 6.07) is 3.33. The third-order valence-corrected chi connectivity index (χ3v) is 2.32. The van der Waals surface area contributed by atoms with E-state index in [2.05, 4.69) is 4.98 Å². The van der Waals surface area contributed by atoms with Crippen LogP contribution in [0, 0.1) is 0 Å².